The minimum Gasteiger partial charge on any atom is -0.348 e. The van der Waals surface area contributed by atoms with Gasteiger partial charge in [-0.25, -0.2) is 19.6 Å². The summed E-state index contributed by atoms with van der Waals surface area (Å²) in [5, 5.41) is 7.00. The third kappa shape index (κ3) is 3.34. The van der Waals surface area contributed by atoms with Crippen molar-refractivity contribution in [1.82, 2.24) is 34.6 Å². The van der Waals surface area contributed by atoms with Gasteiger partial charge in [-0.1, -0.05) is 12.1 Å². The molecule has 0 aliphatic rings. The normalized spacial score (nSPS) is 10.6. The van der Waals surface area contributed by atoms with E-state index in [-0.39, 0.29) is 5.91 Å². The topological polar surface area (TPSA) is 90.5 Å². The fraction of sp³-hybridized carbons (Fsp3) is 0.0556. The lowest BCUT2D eigenvalue weighted by Crippen LogP contribution is -2.23. The number of amides is 1. The number of nitrogens with one attached hydrogen (secondary N) is 1. The van der Waals surface area contributed by atoms with Crippen LogP contribution in [0.1, 0.15) is 15.9 Å². The molecule has 0 saturated heterocycles. The Morgan fingerprint density at radius 3 is 2.65 bits per heavy atom. The van der Waals surface area contributed by atoms with E-state index in [0.717, 1.165) is 11.3 Å². The fourth-order valence-corrected chi connectivity index (χ4v) is 2.49. The summed E-state index contributed by atoms with van der Waals surface area (Å²) in [6.45, 7) is 0.430. The molecule has 1 amide bonds. The second-order valence-electron chi connectivity index (χ2n) is 5.56. The molecule has 0 bridgehead atoms. The lowest BCUT2D eigenvalue weighted by atomic mass is 10.2. The van der Waals surface area contributed by atoms with Crippen molar-refractivity contribution in [2.45, 2.75) is 6.54 Å². The summed E-state index contributed by atoms with van der Waals surface area (Å²) in [6, 6.07) is 11.2. The molecule has 26 heavy (non-hydrogen) atoms. The molecule has 4 aromatic rings. The summed E-state index contributed by atoms with van der Waals surface area (Å²) >= 11 is 0. The molecule has 1 N–H and O–H groups in total. The maximum Gasteiger partial charge on any atom is 0.251 e. The van der Waals surface area contributed by atoms with Gasteiger partial charge in [0.15, 0.2) is 0 Å². The molecule has 0 saturated carbocycles. The molecule has 3 aromatic heterocycles. The Morgan fingerprint density at radius 2 is 1.92 bits per heavy atom. The molecular weight excluding hydrogens is 330 g/mol. The Hall–Kier alpha value is -3.81. The second kappa shape index (κ2) is 6.98. The molecule has 0 spiro atoms. The molecule has 0 aliphatic heterocycles. The number of pyridine rings is 1. The van der Waals surface area contributed by atoms with E-state index < -0.39 is 0 Å². The van der Waals surface area contributed by atoms with E-state index in [4.69, 9.17) is 0 Å². The van der Waals surface area contributed by atoms with Crippen LogP contribution in [-0.2, 0) is 6.54 Å². The number of nitrogens with zero attached hydrogens (tertiary/aromatic N) is 6. The maximum atomic E-state index is 12.4. The quantitative estimate of drug-likeness (QED) is 0.595. The first-order chi connectivity index (χ1) is 12.8. The predicted octanol–water partition coefficient (Wildman–Crippen LogP) is 1.78. The highest BCUT2D eigenvalue weighted by Crippen LogP contribution is 2.10. The molecular formula is C18H15N7O. The van der Waals surface area contributed by atoms with Crippen LogP contribution in [0, 0.1) is 0 Å². The highest BCUT2D eigenvalue weighted by molar-refractivity contribution is 5.94. The Bertz CT molecular complexity index is 992. The number of imidazole rings is 1. The average molecular weight is 345 g/mol. The van der Waals surface area contributed by atoms with E-state index in [1.807, 2.05) is 24.3 Å². The second-order valence-corrected chi connectivity index (χ2v) is 5.56. The smallest absolute Gasteiger partial charge is 0.251 e. The van der Waals surface area contributed by atoms with Crippen molar-refractivity contribution < 1.29 is 4.79 Å². The van der Waals surface area contributed by atoms with Gasteiger partial charge in [-0.05, 0) is 29.8 Å². The Labute approximate surface area is 149 Å². The van der Waals surface area contributed by atoms with Gasteiger partial charge in [-0.2, -0.15) is 5.10 Å². The van der Waals surface area contributed by atoms with Gasteiger partial charge in [-0.3, -0.25) is 9.36 Å². The maximum absolute atomic E-state index is 12.4. The first-order valence-electron chi connectivity index (χ1n) is 7.96. The van der Waals surface area contributed by atoms with Crippen molar-refractivity contribution >= 4 is 5.91 Å². The number of hydrogen-bond acceptors (Lipinski definition) is 5. The molecule has 0 atom stereocenters. The molecule has 4 rings (SSSR count). The lowest BCUT2D eigenvalue weighted by molar-refractivity contribution is 0.0950. The average Bonchev–Trinajstić information content (AvgIpc) is 3.40. The zero-order valence-corrected chi connectivity index (χ0v) is 13.7. The molecule has 3 heterocycles. The largest absolute Gasteiger partial charge is 0.348 e. The lowest BCUT2D eigenvalue weighted by Gasteiger charge is -2.08. The third-order valence-corrected chi connectivity index (χ3v) is 3.85. The Kier molecular flexibility index (Phi) is 4.21. The van der Waals surface area contributed by atoms with Crippen LogP contribution in [0.2, 0.25) is 0 Å². The van der Waals surface area contributed by atoms with E-state index in [1.165, 1.54) is 6.33 Å². The summed E-state index contributed by atoms with van der Waals surface area (Å²) < 4.78 is 3.43. The van der Waals surface area contributed by atoms with Crippen molar-refractivity contribution in [3.05, 3.63) is 85.1 Å². The van der Waals surface area contributed by atoms with Crippen LogP contribution in [0.15, 0.2) is 74.0 Å². The van der Waals surface area contributed by atoms with Gasteiger partial charge in [0.2, 0.25) is 0 Å². The molecule has 8 nitrogen and oxygen atoms in total. The molecule has 0 aliphatic carbocycles. The number of rotatable bonds is 5. The van der Waals surface area contributed by atoms with Crippen LogP contribution in [-0.4, -0.2) is 35.2 Å². The van der Waals surface area contributed by atoms with E-state index in [1.54, 1.807) is 52.6 Å². The number of aromatic nitrogens is 6. The van der Waals surface area contributed by atoms with Crippen LogP contribution in [0.4, 0.5) is 0 Å². The van der Waals surface area contributed by atoms with E-state index in [0.29, 0.717) is 17.9 Å². The first-order valence-corrected chi connectivity index (χ1v) is 7.96. The van der Waals surface area contributed by atoms with Crippen molar-refractivity contribution in [2.75, 3.05) is 0 Å². The van der Waals surface area contributed by atoms with Gasteiger partial charge in [0.25, 0.3) is 5.91 Å². The van der Waals surface area contributed by atoms with Crippen LogP contribution in [0.5, 0.6) is 0 Å². The molecule has 0 unspecified atom stereocenters. The van der Waals surface area contributed by atoms with Crippen LogP contribution < -0.4 is 5.32 Å². The van der Waals surface area contributed by atoms with Crippen molar-refractivity contribution in [3.63, 3.8) is 0 Å². The highest BCUT2D eigenvalue weighted by Gasteiger charge is 2.08. The zero-order valence-electron chi connectivity index (χ0n) is 13.7. The monoisotopic (exact) mass is 345 g/mol. The van der Waals surface area contributed by atoms with Crippen molar-refractivity contribution in [2.24, 2.45) is 0 Å². The number of carbonyl (C=O) groups is 1. The Balaban J connectivity index is 1.42. The first kappa shape index (κ1) is 15.7. The van der Waals surface area contributed by atoms with E-state index in [2.05, 4.69) is 25.4 Å². The van der Waals surface area contributed by atoms with E-state index >= 15 is 0 Å². The van der Waals surface area contributed by atoms with Crippen LogP contribution in [0.25, 0.3) is 11.5 Å². The highest BCUT2D eigenvalue weighted by atomic mass is 16.1. The summed E-state index contributed by atoms with van der Waals surface area (Å²) in [4.78, 5) is 24.6. The molecule has 0 fully saturated rings. The summed E-state index contributed by atoms with van der Waals surface area (Å²) in [6.07, 6.45) is 9.81. The standard InChI is InChI=1S/C18H15N7O/c26-18(15-5-6-21-17(9-15)24-8-7-19-12-24)22-10-14-1-3-16(4-2-14)25-13-20-11-23-25/h1-9,11-13H,10H2,(H,22,26). The number of benzene rings is 1. The van der Waals surface area contributed by atoms with Crippen molar-refractivity contribution in [1.29, 1.82) is 0 Å². The van der Waals surface area contributed by atoms with Gasteiger partial charge in [-0.15, -0.1) is 0 Å². The summed E-state index contributed by atoms with van der Waals surface area (Å²) in [5.41, 5.74) is 2.45. The van der Waals surface area contributed by atoms with Gasteiger partial charge >= 0.3 is 0 Å². The minimum atomic E-state index is -0.158. The van der Waals surface area contributed by atoms with E-state index in [9.17, 15) is 4.79 Å². The molecule has 128 valence electrons. The summed E-state index contributed by atoms with van der Waals surface area (Å²) in [5.74, 6) is 0.487. The molecule has 1 aromatic carbocycles. The minimum absolute atomic E-state index is 0.158. The SMILES string of the molecule is O=C(NCc1ccc(-n2cncn2)cc1)c1ccnc(-n2ccnc2)c1. The zero-order chi connectivity index (χ0) is 17.8. The van der Waals surface area contributed by atoms with Gasteiger partial charge in [0, 0.05) is 30.7 Å². The number of carbonyl (C=O) groups excluding carboxylic acids is 1. The van der Waals surface area contributed by atoms with Gasteiger partial charge < -0.3 is 5.32 Å². The fourth-order valence-electron chi connectivity index (χ4n) is 2.49. The van der Waals surface area contributed by atoms with Crippen molar-refractivity contribution in [3.8, 4) is 11.5 Å². The van der Waals surface area contributed by atoms with Gasteiger partial charge in [0.05, 0.1) is 5.69 Å². The third-order valence-electron chi connectivity index (χ3n) is 3.85. The van der Waals surface area contributed by atoms with Crippen LogP contribution in [0.3, 0.4) is 0 Å². The summed E-state index contributed by atoms with van der Waals surface area (Å²) in [7, 11) is 0. The molecule has 0 radical (unpaired) electrons. The molecule has 8 heteroatoms. The number of hydrogen-bond donors (Lipinski definition) is 1. The Morgan fingerprint density at radius 1 is 1.04 bits per heavy atom. The predicted molar refractivity (Wildman–Crippen MR) is 93.9 cm³/mol. The van der Waals surface area contributed by atoms with Gasteiger partial charge in [0.1, 0.15) is 24.8 Å². The van der Waals surface area contributed by atoms with Crippen LogP contribution >= 0.6 is 0 Å².